The first-order chi connectivity index (χ1) is 13.5. The van der Waals surface area contributed by atoms with Crippen molar-refractivity contribution in [2.45, 2.75) is 57.1 Å². The smallest absolute Gasteiger partial charge is 0.303 e. The van der Waals surface area contributed by atoms with Gasteiger partial charge in [0.25, 0.3) is 0 Å². The van der Waals surface area contributed by atoms with Gasteiger partial charge in [0.05, 0.1) is 24.5 Å². The molecular weight excluding hydrogens is 365 g/mol. The monoisotopic (exact) mass is 387 g/mol. The molecule has 2 fully saturated rings. The van der Waals surface area contributed by atoms with Gasteiger partial charge < -0.3 is 14.8 Å². The van der Waals surface area contributed by atoms with E-state index < -0.39 is 11.9 Å². The Kier molecular flexibility index (Phi) is 4.67. The highest BCUT2D eigenvalue weighted by atomic mass is 19.1. The third-order valence-corrected chi connectivity index (χ3v) is 5.71. The Balaban J connectivity index is 1.71. The standard InChI is InChI=1S/C19H22FN5O3/c1-3-19(5-6-19)17-12(8-21)16(20)14-9-22-18(24-25(14)17)23-13-4-7-27-10-15(13)28-11(2)26/h9,13,15H,3-7,10H2,1-2H3,(H,23,24)/t13-,15-/m1/s1. The number of nitriles is 1. The number of rotatable bonds is 5. The lowest BCUT2D eigenvalue weighted by molar-refractivity contribution is -0.153. The van der Waals surface area contributed by atoms with Crippen molar-refractivity contribution in [3.05, 3.63) is 23.3 Å². The second kappa shape index (κ2) is 7.02. The van der Waals surface area contributed by atoms with Crippen LogP contribution in [0, 0.1) is 17.1 Å². The van der Waals surface area contributed by atoms with Gasteiger partial charge in [-0.05, 0) is 25.7 Å². The third kappa shape index (κ3) is 3.07. The van der Waals surface area contributed by atoms with E-state index in [1.807, 2.05) is 13.0 Å². The van der Waals surface area contributed by atoms with E-state index in [0.717, 1.165) is 19.3 Å². The molecule has 2 aromatic rings. The molecule has 1 aliphatic carbocycles. The average molecular weight is 387 g/mol. The van der Waals surface area contributed by atoms with E-state index in [-0.39, 0.29) is 28.5 Å². The molecule has 28 heavy (non-hydrogen) atoms. The molecule has 148 valence electrons. The Morgan fingerprint density at radius 3 is 3.00 bits per heavy atom. The fourth-order valence-corrected chi connectivity index (χ4v) is 3.95. The lowest BCUT2D eigenvalue weighted by Crippen LogP contribution is -2.44. The number of nitrogens with zero attached hydrogens (tertiary/aromatic N) is 4. The minimum absolute atomic E-state index is 0.0506. The Bertz CT molecular complexity index is 963. The maximum absolute atomic E-state index is 14.8. The molecule has 0 unspecified atom stereocenters. The Morgan fingerprint density at radius 2 is 2.36 bits per heavy atom. The van der Waals surface area contributed by atoms with Crippen LogP contribution >= 0.6 is 0 Å². The number of hydrogen-bond donors (Lipinski definition) is 1. The highest BCUT2D eigenvalue weighted by Gasteiger charge is 2.48. The van der Waals surface area contributed by atoms with Crippen LogP contribution < -0.4 is 5.32 Å². The molecule has 2 aromatic heterocycles. The number of hydrogen-bond acceptors (Lipinski definition) is 7. The first kappa shape index (κ1) is 18.6. The third-order valence-electron chi connectivity index (χ3n) is 5.71. The average Bonchev–Trinajstić information content (AvgIpc) is 3.42. The van der Waals surface area contributed by atoms with Gasteiger partial charge >= 0.3 is 5.97 Å². The van der Waals surface area contributed by atoms with Gasteiger partial charge in [-0.25, -0.2) is 13.9 Å². The number of carbonyl (C=O) groups excluding carboxylic acids is 1. The van der Waals surface area contributed by atoms with Gasteiger partial charge in [0, 0.05) is 18.9 Å². The Labute approximate surface area is 161 Å². The van der Waals surface area contributed by atoms with E-state index in [9.17, 15) is 14.4 Å². The molecule has 1 aliphatic heterocycles. The highest BCUT2D eigenvalue weighted by molar-refractivity contribution is 5.66. The molecular formula is C19H22FN5O3. The summed E-state index contributed by atoms with van der Waals surface area (Å²) in [6.45, 7) is 4.21. The van der Waals surface area contributed by atoms with Crippen molar-refractivity contribution < 1.29 is 18.7 Å². The van der Waals surface area contributed by atoms with Crippen molar-refractivity contribution in [3.8, 4) is 6.07 Å². The molecule has 0 radical (unpaired) electrons. The van der Waals surface area contributed by atoms with Crippen molar-refractivity contribution in [2.24, 2.45) is 0 Å². The lowest BCUT2D eigenvalue weighted by atomic mass is 9.96. The number of aromatic nitrogens is 3. The maximum atomic E-state index is 14.8. The van der Waals surface area contributed by atoms with Crippen LogP contribution in [0.3, 0.4) is 0 Å². The molecule has 3 heterocycles. The van der Waals surface area contributed by atoms with E-state index >= 15 is 0 Å². The van der Waals surface area contributed by atoms with Crippen molar-refractivity contribution in [2.75, 3.05) is 18.5 Å². The summed E-state index contributed by atoms with van der Waals surface area (Å²) in [5.41, 5.74) is 0.664. The molecule has 1 saturated carbocycles. The molecule has 2 atom stereocenters. The van der Waals surface area contributed by atoms with Crippen LogP contribution in [-0.4, -0.2) is 45.9 Å². The van der Waals surface area contributed by atoms with Gasteiger partial charge in [0.1, 0.15) is 23.3 Å². The molecule has 1 N–H and O–H groups in total. The summed E-state index contributed by atoms with van der Waals surface area (Å²) >= 11 is 0. The van der Waals surface area contributed by atoms with Gasteiger partial charge in [-0.15, -0.1) is 5.10 Å². The number of halogens is 1. The van der Waals surface area contributed by atoms with Crippen molar-refractivity contribution >= 4 is 17.4 Å². The van der Waals surface area contributed by atoms with Crippen LogP contribution in [0.25, 0.3) is 5.52 Å². The molecule has 0 bridgehead atoms. The summed E-state index contributed by atoms with van der Waals surface area (Å²) in [4.78, 5) is 15.6. The van der Waals surface area contributed by atoms with Crippen molar-refractivity contribution in [1.29, 1.82) is 5.26 Å². The topological polar surface area (TPSA) is 102 Å². The van der Waals surface area contributed by atoms with Crippen LogP contribution in [0.1, 0.15) is 50.8 Å². The predicted octanol–water partition coefficient (Wildman–Crippen LogP) is 2.31. The second-order valence-corrected chi connectivity index (χ2v) is 7.42. The van der Waals surface area contributed by atoms with Gasteiger partial charge in [0.2, 0.25) is 5.95 Å². The summed E-state index contributed by atoms with van der Waals surface area (Å²) < 4.78 is 27.0. The van der Waals surface area contributed by atoms with E-state index in [2.05, 4.69) is 15.4 Å². The Morgan fingerprint density at radius 1 is 1.57 bits per heavy atom. The van der Waals surface area contributed by atoms with E-state index in [0.29, 0.717) is 31.3 Å². The van der Waals surface area contributed by atoms with E-state index in [4.69, 9.17) is 9.47 Å². The summed E-state index contributed by atoms with van der Waals surface area (Å²) in [7, 11) is 0. The summed E-state index contributed by atoms with van der Waals surface area (Å²) in [5.74, 6) is -0.664. The Hall–Kier alpha value is -2.73. The van der Waals surface area contributed by atoms with Crippen molar-refractivity contribution in [3.63, 3.8) is 0 Å². The molecule has 9 heteroatoms. The van der Waals surface area contributed by atoms with Crippen LogP contribution in [0.2, 0.25) is 0 Å². The lowest BCUT2D eigenvalue weighted by Gasteiger charge is -2.31. The van der Waals surface area contributed by atoms with Crippen LogP contribution in [0.5, 0.6) is 0 Å². The van der Waals surface area contributed by atoms with E-state index in [1.54, 1.807) is 0 Å². The quantitative estimate of drug-likeness (QED) is 0.786. The van der Waals surface area contributed by atoms with Crippen LogP contribution in [0.4, 0.5) is 10.3 Å². The number of anilines is 1. The SMILES string of the molecule is CCC1(c2c(C#N)c(F)c3cnc(N[C@@H]4CCOC[C@H]4OC(C)=O)nn23)CC1. The maximum Gasteiger partial charge on any atom is 0.303 e. The first-order valence-corrected chi connectivity index (χ1v) is 9.48. The van der Waals surface area contributed by atoms with Crippen LogP contribution in [0.15, 0.2) is 6.20 Å². The highest BCUT2D eigenvalue weighted by Crippen LogP contribution is 2.52. The normalized spacial score (nSPS) is 23.2. The minimum Gasteiger partial charge on any atom is -0.458 e. The largest absolute Gasteiger partial charge is 0.458 e. The summed E-state index contributed by atoms with van der Waals surface area (Å²) in [6, 6.07) is 1.79. The number of ether oxygens (including phenoxy) is 2. The second-order valence-electron chi connectivity index (χ2n) is 7.42. The van der Waals surface area contributed by atoms with Gasteiger partial charge in [-0.2, -0.15) is 5.26 Å². The molecule has 8 nitrogen and oxygen atoms in total. The van der Waals surface area contributed by atoms with Gasteiger partial charge in [-0.3, -0.25) is 4.79 Å². The van der Waals surface area contributed by atoms with E-state index in [1.165, 1.54) is 17.6 Å². The molecule has 0 amide bonds. The predicted molar refractivity (Wildman–Crippen MR) is 97.3 cm³/mol. The van der Waals surface area contributed by atoms with Crippen molar-refractivity contribution in [1.82, 2.24) is 14.6 Å². The fraction of sp³-hybridized carbons (Fsp3) is 0.579. The number of esters is 1. The summed E-state index contributed by atoms with van der Waals surface area (Å²) in [5, 5.41) is 17.2. The van der Waals surface area contributed by atoms with Crippen LogP contribution in [-0.2, 0) is 19.7 Å². The number of nitrogens with one attached hydrogen (secondary N) is 1. The fourth-order valence-electron chi connectivity index (χ4n) is 3.95. The zero-order chi connectivity index (χ0) is 19.9. The molecule has 4 rings (SSSR count). The summed E-state index contributed by atoms with van der Waals surface area (Å²) in [6.07, 6.45) is 4.19. The van der Waals surface area contributed by atoms with Gasteiger partial charge in [0.15, 0.2) is 5.82 Å². The zero-order valence-corrected chi connectivity index (χ0v) is 15.9. The van der Waals surface area contributed by atoms with Gasteiger partial charge in [-0.1, -0.05) is 6.92 Å². The minimum atomic E-state index is -0.576. The molecule has 0 spiro atoms. The number of fused-ring (bicyclic) bond motifs is 1. The molecule has 0 aromatic carbocycles. The first-order valence-electron chi connectivity index (χ1n) is 9.48. The molecule has 1 saturated heterocycles. The number of carbonyl (C=O) groups is 1. The zero-order valence-electron chi connectivity index (χ0n) is 15.9. The molecule has 2 aliphatic rings.